The van der Waals surface area contributed by atoms with Gasteiger partial charge in [-0.2, -0.15) is 0 Å². The van der Waals surface area contributed by atoms with Crippen LogP contribution in [0, 0.1) is 6.92 Å². The number of methoxy groups -OCH3 is 1. The van der Waals surface area contributed by atoms with Crippen molar-refractivity contribution in [1.82, 2.24) is 9.47 Å². The average Bonchev–Trinajstić information content (AvgIpc) is 3.21. The van der Waals surface area contributed by atoms with E-state index in [9.17, 15) is 9.59 Å². The van der Waals surface area contributed by atoms with Crippen LogP contribution in [0.2, 0.25) is 0 Å². The highest BCUT2D eigenvalue weighted by Gasteiger charge is 2.29. The van der Waals surface area contributed by atoms with E-state index < -0.39 is 6.09 Å². The second-order valence-corrected chi connectivity index (χ2v) is 9.95. The third kappa shape index (κ3) is 6.64. The highest BCUT2D eigenvalue weighted by molar-refractivity contribution is 5.86. The normalized spacial score (nSPS) is 15.4. The van der Waals surface area contributed by atoms with Crippen molar-refractivity contribution >= 4 is 28.6 Å². The van der Waals surface area contributed by atoms with Crippen molar-refractivity contribution in [3.63, 3.8) is 0 Å². The molecular formula is C31H39N3O4. The lowest BCUT2D eigenvalue weighted by Crippen LogP contribution is -2.39. The number of hydrogen-bond acceptors (Lipinski definition) is 4. The third-order valence-corrected chi connectivity index (χ3v) is 7.41. The van der Waals surface area contributed by atoms with E-state index in [0.717, 1.165) is 70.2 Å². The van der Waals surface area contributed by atoms with Crippen molar-refractivity contribution in [3.05, 3.63) is 78.2 Å². The number of carbonyl (C=O) groups is 2. The van der Waals surface area contributed by atoms with E-state index in [2.05, 4.69) is 57.3 Å². The van der Waals surface area contributed by atoms with E-state index >= 15 is 0 Å². The Bertz CT molecular complexity index is 1250. The maximum absolute atomic E-state index is 13.2. The van der Waals surface area contributed by atoms with Gasteiger partial charge in [-0.25, -0.2) is 4.79 Å². The van der Waals surface area contributed by atoms with Crippen molar-refractivity contribution in [1.29, 1.82) is 0 Å². The van der Waals surface area contributed by atoms with Crippen LogP contribution in [-0.4, -0.2) is 48.3 Å². The summed E-state index contributed by atoms with van der Waals surface area (Å²) in [6.07, 6.45) is 5.76. The summed E-state index contributed by atoms with van der Waals surface area (Å²) in [6, 6.07) is 16.2. The fraction of sp³-hybridized carbons (Fsp3) is 0.419. The van der Waals surface area contributed by atoms with Crippen LogP contribution < -0.4 is 5.32 Å². The Kier molecular flexibility index (Phi) is 9.60. The van der Waals surface area contributed by atoms with Gasteiger partial charge in [0.15, 0.2) is 0 Å². The number of ether oxygens (including phenoxy) is 2. The van der Waals surface area contributed by atoms with Crippen LogP contribution in [0.15, 0.2) is 61.4 Å². The number of rotatable bonds is 11. The Balaban J connectivity index is 1.36. The summed E-state index contributed by atoms with van der Waals surface area (Å²) in [5.74, 6) is 0.579. The Hall–Kier alpha value is -3.58. The molecule has 4 rings (SSSR count). The predicted octanol–water partition coefficient (Wildman–Crippen LogP) is 6.41. The zero-order valence-corrected chi connectivity index (χ0v) is 22.6. The molecule has 0 spiro atoms. The number of nitrogens with zero attached hydrogens (tertiary/aromatic N) is 2. The van der Waals surface area contributed by atoms with E-state index in [1.165, 1.54) is 22.2 Å². The Morgan fingerprint density at radius 1 is 1.13 bits per heavy atom. The molecule has 3 aromatic rings. The highest BCUT2D eigenvalue weighted by Crippen LogP contribution is 2.36. The van der Waals surface area contributed by atoms with E-state index in [0.29, 0.717) is 18.0 Å². The highest BCUT2D eigenvalue weighted by atomic mass is 16.5. The molecule has 1 fully saturated rings. The number of aromatic nitrogens is 1. The number of likely N-dealkylation sites (tertiary alicyclic amines) is 1. The fourth-order valence-electron chi connectivity index (χ4n) is 5.64. The van der Waals surface area contributed by atoms with Crippen molar-refractivity contribution in [2.75, 3.05) is 32.1 Å². The summed E-state index contributed by atoms with van der Waals surface area (Å²) < 4.78 is 12.5. The molecule has 1 saturated heterocycles. The summed E-state index contributed by atoms with van der Waals surface area (Å²) in [6.45, 7) is 8.87. The minimum atomic E-state index is -0.566. The summed E-state index contributed by atoms with van der Waals surface area (Å²) in [5, 5.41) is 3.94. The maximum atomic E-state index is 13.2. The van der Waals surface area contributed by atoms with Crippen LogP contribution in [0.3, 0.4) is 0 Å². The van der Waals surface area contributed by atoms with Gasteiger partial charge in [0, 0.05) is 68.0 Å². The van der Waals surface area contributed by atoms with E-state index in [4.69, 9.17) is 4.74 Å². The van der Waals surface area contributed by atoms with Crippen LogP contribution in [-0.2, 0) is 27.2 Å². The van der Waals surface area contributed by atoms with Gasteiger partial charge in [0.25, 0.3) is 0 Å². The van der Waals surface area contributed by atoms with E-state index in [1.54, 1.807) is 7.11 Å². The predicted molar refractivity (Wildman–Crippen MR) is 151 cm³/mol. The number of nitrogens with one attached hydrogen (secondary N) is 1. The number of amides is 2. The lowest BCUT2D eigenvalue weighted by molar-refractivity contribution is -0.132. The second kappa shape index (κ2) is 13.3. The lowest BCUT2D eigenvalue weighted by atomic mass is 9.91. The first kappa shape index (κ1) is 27.5. The molecule has 0 saturated carbocycles. The van der Waals surface area contributed by atoms with Crippen molar-refractivity contribution < 1.29 is 19.1 Å². The summed E-state index contributed by atoms with van der Waals surface area (Å²) in [7, 11) is 1.75. The fourth-order valence-corrected chi connectivity index (χ4v) is 5.64. The van der Waals surface area contributed by atoms with Crippen LogP contribution in [0.4, 0.5) is 10.5 Å². The number of aryl methyl sites for hydroxylation is 3. The molecule has 1 aliphatic rings. The molecule has 1 atom stereocenters. The molecule has 0 radical (unpaired) electrons. The SMILES string of the molecule is C=COC(=O)Nc1ccc(CCCC(=O)N2CCCC(c3c(C)c4ccccc4n3CCCOC)C2)cc1. The van der Waals surface area contributed by atoms with E-state index in [1.807, 2.05) is 24.3 Å². The summed E-state index contributed by atoms with van der Waals surface area (Å²) in [5.41, 5.74) is 5.79. The number of anilines is 1. The number of fused-ring (bicyclic) bond motifs is 1. The average molecular weight is 518 g/mol. The molecule has 0 bridgehead atoms. The molecule has 1 aliphatic heterocycles. The number of piperidine rings is 1. The van der Waals surface area contributed by atoms with Crippen LogP contribution >= 0.6 is 0 Å². The van der Waals surface area contributed by atoms with Gasteiger partial charge in [-0.3, -0.25) is 10.1 Å². The Morgan fingerprint density at radius 3 is 2.68 bits per heavy atom. The maximum Gasteiger partial charge on any atom is 0.416 e. The summed E-state index contributed by atoms with van der Waals surface area (Å²) in [4.78, 5) is 26.8. The number of carbonyl (C=O) groups excluding carboxylic acids is 2. The minimum Gasteiger partial charge on any atom is -0.419 e. The second-order valence-electron chi connectivity index (χ2n) is 9.95. The van der Waals surface area contributed by atoms with Crippen molar-refractivity contribution in [2.45, 2.75) is 57.9 Å². The number of para-hydroxylation sites is 1. The zero-order valence-electron chi connectivity index (χ0n) is 22.6. The molecule has 1 N–H and O–H groups in total. The molecule has 38 heavy (non-hydrogen) atoms. The van der Waals surface area contributed by atoms with Crippen molar-refractivity contribution in [3.8, 4) is 0 Å². The molecule has 0 aliphatic carbocycles. The first-order valence-corrected chi connectivity index (χ1v) is 13.5. The molecular weight excluding hydrogens is 478 g/mol. The lowest BCUT2D eigenvalue weighted by Gasteiger charge is -2.34. The minimum absolute atomic E-state index is 0.236. The van der Waals surface area contributed by atoms with Gasteiger partial charge in [-0.15, -0.1) is 0 Å². The van der Waals surface area contributed by atoms with Crippen LogP contribution in [0.25, 0.3) is 10.9 Å². The largest absolute Gasteiger partial charge is 0.419 e. The smallest absolute Gasteiger partial charge is 0.416 e. The van der Waals surface area contributed by atoms with Crippen LogP contribution in [0.1, 0.15) is 54.8 Å². The molecule has 1 unspecified atom stereocenters. The first-order valence-electron chi connectivity index (χ1n) is 13.5. The molecule has 7 heteroatoms. The van der Waals surface area contributed by atoms with Gasteiger partial charge in [0.2, 0.25) is 5.91 Å². The molecule has 7 nitrogen and oxygen atoms in total. The van der Waals surface area contributed by atoms with Gasteiger partial charge < -0.3 is 18.9 Å². The quantitative estimate of drug-likeness (QED) is 0.236. The van der Waals surface area contributed by atoms with Gasteiger partial charge in [-0.05, 0) is 68.4 Å². The molecule has 1 aromatic heterocycles. The van der Waals surface area contributed by atoms with Gasteiger partial charge in [0.1, 0.15) is 0 Å². The van der Waals surface area contributed by atoms with Crippen LogP contribution in [0.5, 0.6) is 0 Å². The Labute approximate surface area is 225 Å². The molecule has 2 aromatic carbocycles. The zero-order chi connectivity index (χ0) is 26.9. The third-order valence-electron chi connectivity index (χ3n) is 7.41. The molecule has 202 valence electrons. The Morgan fingerprint density at radius 2 is 1.92 bits per heavy atom. The summed E-state index contributed by atoms with van der Waals surface area (Å²) >= 11 is 0. The molecule has 2 heterocycles. The number of hydrogen-bond donors (Lipinski definition) is 1. The molecule has 2 amide bonds. The van der Waals surface area contributed by atoms with Crippen molar-refractivity contribution in [2.24, 2.45) is 0 Å². The van der Waals surface area contributed by atoms with Gasteiger partial charge in [0.05, 0.1) is 6.26 Å². The monoisotopic (exact) mass is 517 g/mol. The standard InChI is InChI=1S/C31H39N3O4/c1-4-38-31(36)32-26-17-15-24(16-18-26)10-7-14-29(35)33-19-8-11-25(22-33)30-23(2)27-12-5-6-13-28(27)34(30)20-9-21-37-3/h4-6,12-13,15-18,25H,1,7-11,14,19-22H2,2-3H3,(H,32,36). The van der Waals surface area contributed by atoms with E-state index in [-0.39, 0.29) is 5.91 Å². The first-order chi connectivity index (χ1) is 18.5. The van der Waals surface area contributed by atoms with Gasteiger partial charge in [-0.1, -0.05) is 36.9 Å². The van der Waals surface area contributed by atoms with Gasteiger partial charge >= 0.3 is 6.09 Å². The topological polar surface area (TPSA) is 72.8 Å². The number of benzene rings is 2.